The number of nitrogens with one attached hydrogen (secondary N) is 1. The summed E-state index contributed by atoms with van der Waals surface area (Å²) in [4.78, 5) is 2.41. The SMILES string of the molecule is CNC(C)c1cc(F)ccc1N1CCC(C)C(C)C1. The van der Waals surface area contributed by atoms with Gasteiger partial charge in [0.1, 0.15) is 5.82 Å². The minimum absolute atomic E-state index is 0.153. The van der Waals surface area contributed by atoms with Crippen molar-refractivity contribution in [2.45, 2.75) is 33.2 Å². The molecular formula is C16H25FN2. The van der Waals surface area contributed by atoms with E-state index in [9.17, 15) is 4.39 Å². The average molecular weight is 264 g/mol. The number of hydrogen-bond acceptors (Lipinski definition) is 2. The lowest BCUT2D eigenvalue weighted by Gasteiger charge is -2.38. The Morgan fingerprint density at radius 3 is 2.68 bits per heavy atom. The summed E-state index contributed by atoms with van der Waals surface area (Å²) in [7, 11) is 1.92. The second-order valence-corrected chi connectivity index (χ2v) is 5.90. The minimum Gasteiger partial charge on any atom is -0.371 e. The molecule has 1 aliphatic heterocycles. The summed E-state index contributed by atoms with van der Waals surface area (Å²) in [6.45, 7) is 8.84. The second-order valence-electron chi connectivity index (χ2n) is 5.90. The Morgan fingerprint density at radius 2 is 2.05 bits per heavy atom. The third-order valence-electron chi connectivity index (χ3n) is 4.56. The smallest absolute Gasteiger partial charge is 0.123 e. The third kappa shape index (κ3) is 3.08. The van der Waals surface area contributed by atoms with E-state index in [4.69, 9.17) is 0 Å². The van der Waals surface area contributed by atoms with Crippen molar-refractivity contribution in [1.29, 1.82) is 0 Å². The molecule has 1 fully saturated rings. The molecule has 0 bridgehead atoms. The number of piperidine rings is 1. The summed E-state index contributed by atoms with van der Waals surface area (Å²) in [5.74, 6) is 1.32. The molecule has 1 heterocycles. The van der Waals surface area contributed by atoms with Gasteiger partial charge in [-0.15, -0.1) is 0 Å². The Balaban J connectivity index is 2.28. The first-order valence-electron chi connectivity index (χ1n) is 7.24. The lowest BCUT2D eigenvalue weighted by Crippen LogP contribution is -2.39. The Hall–Kier alpha value is -1.09. The molecule has 106 valence electrons. The molecule has 3 atom stereocenters. The molecule has 1 saturated heterocycles. The van der Waals surface area contributed by atoms with Crippen molar-refractivity contribution in [1.82, 2.24) is 5.32 Å². The van der Waals surface area contributed by atoms with Crippen molar-refractivity contribution in [3.63, 3.8) is 0 Å². The quantitative estimate of drug-likeness (QED) is 0.897. The van der Waals surface area contributed by atoms with E-state index in [0.717, 1.165) is 24.6 Å². The van der Waals surface area contributed by atoms with Crippen LogP contribution >= 0.6 is 0 Å². The molecule has 0 radical (unpaired) electrons. The predicted octanol–water partition coefficient (Wildman–Crippen LogP) is 3.59. The van der Waals surface area contributed by atoms with Crippen LogP contribution < -0.4 is 10.2 Å². The van der Waals surface area contributed by atoms with Gasteiger partial charge in [-0.3, -0.25) is 0 Å². The fourth-order valence-electron chi connectivity index (χ4n) is 2.80. The summed E-state index contributed by atoms with van der Waals surface area (Å²) in [5.41, 5.74) is 2.24. The molecule has 0 aliphatic carbocycles. The summed E-state index contributed by atoms with van der Waals surface area (Å²) in [6.07, 6.45) is 1.21. The first-order valence-corrected chi connectivity index (χ1v) is 7.24. The summed E-state index contributed by atoms with van der Waals surface area (Å²) < 4.78 is 13.5. The van der Waals surface area contributed by atoms with Crippen LogP contribution in [0, 0.1) is 17.7 Å². The van der Waals surface area contributed by atoms with Gasteiger partial charge in [0, 0.05) is 24.8 Å². The average Bonchev–Trinajstić information content (AvgIpc) is 2.41. The normalized spacial score (nSPS) is 25.4. The van der Waals surface area contributed by atoms with Crippen LogP contribution in [0.4, 0.5) is 10.1 Å². The predicted molar refractivity (Wildman–Crippen MR) is 79.0 cm³/mol. The summed E-state index contributed by atoms with van der Waals surface area (Å²) in [6, 6.07) is 5.34. The fraction of sp³-hybridized carbons (Fsp3) is 0.625. The fourth-order valence-corrected chi connectivity index (χ4v) is 2.80. The zero-order chi connectivity index (χ0) is 14.0. The van der Waals surface area contributed by atoms with Crippen LogP contribution in [0.2, 0.25) is 0 Å². The van der Waals surface area contributed by atoms with Gasteiger partial charge in [-0.1, -0.05) is 13.8 Å². The number of hydrogen-bond donors (Lipinski definition) is 1. The molecule has 0 aromatic heterocycles. The second kappa shape index (κ2) is 5.91. The highest BCUT2D eigenvalue weighted by atomic mass is 19.1. The van der Waals surface area contributed by atoms with Gasteiger partial charge in [0.25, 0.3) is 0 Å². The Kier molecular flexibility index (Phi) is 4.46. The van der Waals surface area contributed by atoms with Crippen LogP contribution in [0.3, 0.4) is 0 Å². The zero-order valence-electron chi connectivity index (χ0n) is 12.4. The van der Waals surface area contributed by atoms with E-state index in [2.05, 4.69) is 31.0 Å². The van der Waals surface area contributed by atoms with Crippen LogP contribution in [0.15, 0.2) is 18.2 Å². The standard InChI is InChI=1S/C16H25FN2/c1-11-7-8-19(10-12(11)2)16-6-5-14(17)9-15(16)13(3)18-4/h5-6,9,11-13,18H,7-8,10H2,1-4H3. The van der Waals surface area contributed by atoms with Gasteiger partial charge in [-0.2, -0.15) is 0 Å². The molecule has 3 unspecified atom stereocenters. The van der Waals surface area contributed by atoms with Crippen molar-refractivity contribution in [3.8, 4) is 0 Å². The van der Waals surface area contributed by atoms with Crippen LogP contribution in [0.5, 0.6) is 0 Å². The lowest BCUT2D eigenvalue weighted by atomic mass is 9.88. The van der Waals surface area contributed by atoms with E-state index >= 15 is 0 Å². The van der Waals surface area contributed by atoms with E-state index in [0.29, 0.717) is 5.92 Å². The number of anilines is 1. The molecule has 1 N–H and O–H groups in total. The molecule has 1 aromatic carbocycles. The van der Waals surface area contributed by atoms with Crippen LogP contribution in [-0.4, -0.2) is 20.1 Å². The molecule has 1 aromatic rings. The summed E-state index contributed by atoms with van der Waals surface area (Å²) >= 11 is 0. The van der Waals surface area contributed by atoms with Gasteiger partial charge in [-0.05, 0) is 56.0 Å². The van der Waals surface area contributed by atoms with Crippen LogP contribution in [-0.2, 0) is 0 Å². The molecule has 0 spiro atoms. The molecule has 3 heteroatoms. The van der Waals surface area contributed by atoms with Gasteiger partial charge >= 0.3 is 0 Å². The van der Waals surface area contributed by atoms with Gasteiger partial charge in [0.15, 0.2) is 0 Å². The maximum Gasteiger partial charge on any atom is 0.123 e. The van der Waals surface area contributed by atoms with E-state index in [1.807, 2.05) is 13.1 Å². The number of benzene rings is 1. The van der Waals surface area contributed by atoms with Crippen molar-refractivity contribution in [2.75, 3.05) is 25.0 Å². The highest BCUT2D eigenvalue weighted by molar-refractivity contribution is 5.55. The van der Waals surface area contributed by atoms with E-state index in [-0.39, 0.29) is 11.9 Å². The van der Waals surface area contributed by atoms with Crippen molar-refractivity contribution in [3.05, 3.63) is 29.6 Å². The number of halogens is 1. The first-order chi connectivity index (χ1) is 9.02. The molecule has 2 rings (SSSR count). The maximum absolute atomic E-state index is 13.5. The van der Waals surface area contributed by atoms with Gasteiger partial charge in [-0.25, -0.2) is 4.39 Å². The molecular weight excluding hydrogens is 239 g/mol. The molecule has 0 saturated carbocycles. The highest BCUT2D eigenvalue weighted by Gasteiger charge is 2.25. The molecule has 2 nitrogen and oxygen atoms in total. The van der Waals surface area contributed by atoms with Crippen LogP contribution in [0.1, 0.15) is 38.8 Å². The van der Waals surface area contributed by atoms with Gasteiger partial charge < -0.3 is 10.2 Å². The van der Waals surface area contributed by atoms with Gasteiger partial charge in [0.2, 0.25) is 0 Å². The molecule has 19 heavy (non-hydrogen) atoms. The van der Waals surface area contributed by atoms with E-state index in [1.54, 1.807) is 12.1 Å². The lowest BCUT2D eigenvalue weighted by molar-refractivity contribution is 0.323. The first kappa shape index (κ1) is 14.3. The Labute approximate surface area is 116 Å². The van der Waals surface area contributed by atoms with Crippen molar-refractivity contribution in [2.24, 2.45) is 11.8 Å². The van der Waals surface area contributed by atoms with E-state index in [1.165, 1.54) is 12.1 Å². The van der Waals surface area contributed by atoms with E-state index < -0.39 is 0 Å². The topological polar surface area (TPSA) is 15.3 Å². The monoisotopic (exact) mass is 264 g/mol. The highest BCUT2D eigenvalue weighted by Crippen LogP contribution is 2.32. The van der Waals surface area contributed by atoms with Crippen molar-refractivity contribution >= 4 is 5.69 Å². The van der Waals surface area contributed by atoms with Gasteiger partial charge in [0.05, 0.1) is 0 Å². The number of rotatable bonds is 3. The molecule has 1 aliphatic rings. The zero-order valence-corrected chi connectivity index (χ0v) is 12.4. The third-order valence-corrected chi connectivity index (χ3v) is 4.56. The number of nitrogens with zero attached hydrogens (tertiary/aromatic N) is 1. The largest absolute Gasteiger partial charge is 0.371 e. The minimum atomic E-state index is -0.153. The van der Waals surface area contributed by atoms with Crippen molar-refractivity contribution < 1.29 is 4.39 Å². The summed E-state index contributed by atoms with van der Waals surface area (Å²) in [5, 5.41) is 3.21. The van der Waals surface area contributed by atoms with Crippen LogP contribution in [0.25, 0.3) is 0 Å². The maximum atomic E-state index is 13.5. The molecule has 0 amide bonds. The Bertz CT molecular complexity index is 433. The Morgan fingerprint density at radius 1 is 1.32 bits per heavy atom.